The van der Waals surface area contributed by atoms with Crippen LogP contribution in [0.25, 0.3) is 0 Å². The summed E-state index contributed by atoms with van der Waals surface area (Å²) in [6, 6.07) is 1.19. The number of methoxy groups -OCH3 is 2. The van der Waals surface area contributed by atoms with Gasteiger partial charge >= 0.3 is 17.6 Å². The third-order valence-electron chi connectivity index (χ3n) is 2.35. The molecule has 0 bridgehead atoms. The summed E-state index contributed by atoms with van der Waals surface area (Å²) in [5.41, 5.74) is -2.13. The molecule has 22 heavy (non-hydrogen) atoms. The number of nitrogens with zero attached hydrogens (tertiary/aromatic N) is 1. The van der Waals surface area contributed by atoms with Crippen LogP contribution < -0.4 is 5.32 Å². The van der Waals surface area contributed by atoms with E-state index < -0.39 is 39.9 Å². The van der Waals surface area contributed by atoms with Crippen molar-refractivity contribution in [2.45, 2.75) is 0 Å². The number of nitro groups is 1. The molecule has 0 aliphatic carbocycles. The Bertz CT molecular complexity index is 636. The molecule has 0 atom stereocenters. The standard InChI is InChI=1S/C12H10F2N2O6/c1-21-10(17)5-9(12(18)22-2)15-6-3-7(13)11(16(19)20)8(14)4-6/h3-5,15H,1-2H3/b9-5+. The first kappa shape index (κ1) is 17.0. The van der Waals surface area contributed by atoms with E-state index in [0.29, 0.717) is 18.2 Å². The topological polar surface area (TPSA) is 108 Å². The molecule has 0 heterocycles. The second-order valence-electron chi connectivity index (χ2n) is 3.74. The number of carbonyl (C=O) groups is 2. The number of hydrogen-bond acceptors (Lipinski definition) is 7. The molecule has 0 aromatic heterocycles. The average molecular weight is 316 g/mol. The third-order valence-corrected chi connectivity index (χ3v) is 2.35. The van der Waals surface area contributed by atoms with Crippen LogP contribution in [0.2, 0.25) is 0 Å². The summed E-state index contributed by atoms with van der Waals surface area (Å²) < 4.78 is 35.6. The summed E-state index contributed by atoms with van der Waals surface area (Å²) in [6.45, 7) is 0. The van der Waals surface area contributed by atoms with E-state index in [1.165, 1.54) is 0 Å². The minimum atomic E-state index is -1.45. The maximum Gasteiger partial charge on any atom is 0.354 e. The first-order valence-corrected chi connectivity index (χ1v) is 5.58. The van der Waals surface area contributed by atoms with Crippen molar-refractivity contribution in [1.29, 1.82) is 0 Å². The predicted octanol–water partition coefficient (Wildman–Crippen LogP) is 1.51. The molecule has 0 saturated heterocycles. The fourth-order valence-electron chi connectivity index (χ4n) is 1.40. The molecule has 0 aliphatic rings. The van der Waals surface area contributed by atoms with Crippen molar-refractivity contribution in [3.63, 3.8) is 0 Å². The zero-order valence-corrected chi connectivity index (χ0v) is 11.4. The Morgan fingerprint density at radius 3 is 2.18 bits per heavy atom. The number of ether oxygens (including phenoxy) is 2. The average Bonchev–Trinajstić information content (AvgIpc) is 2.44. The van der Waals surface area contributed by atoms with Crippen LogP contribution in [0.4, 0.5) is 20.2 Å². The van der Waals surface area contributed by atoms with Crippen LogP contribution in [0.15, 0.2) is 23.9 Å². The number of hydrogen-bond donors (Lipinski definition) is 1. The van der Waals surface area contributed by atoms with Crippen LogP contribution in [-0.4, -0.2) is 31.1 Å². The predicted molar refractivity (Wildman–Crippen MR) is 68.8 cm³/mol. The summed E-state index contributed by atoms with van der Waals surface area (Å²) >= 11 is 0. The van der Waals surface area contributed by atoms with Crippen molar-refractivity contribution in [3.05, 3.63) is 45.7 Å². The molecule has 0 radical (unpaired) electrons. The second kappa shape index (κ2) is 7.11. The maximum atomic E-state index is 13.5. The molecule has 0 saturated carbocycles. The van der Waals surface area contributed by atoms with Gasteiger partial charge in [-0.3, -0.25) is 10.1 Å². The fourth-order valence-corrected chi connectivity index (χ4v) is 1.40. The zero-order chi connectivity index (χ0) is 16.9. The van der Waals surface area contributed by atoms with Gasteiger partial charge in [0.2, 0.25) is 11.6 Å². The third kappa shape index (κ3) is 3.98. The van der Waals surface area contributed by atoms with E-state index >= 15 is 0 Å². The smallest absolute Gasteiger partial charge is 0.354 e. The first-order chi connectivity index (χ1) is 10.3. The lowest BCUT2D eigenvalue weighted by molar-refractivity contribution is -0.390. The van der Waals surface area contributed by atoms with Gasteiger partial charge < -0.3 is 14.8 Å². The highest BCUT2D eigenvalue weighted by atomic mass is 19.1. The summed E-state index contributed by atoms with van der Waals surface area (Å²) in [5.74, 6) is -4.83. The van der Waals surface area contributed by atoms with Crippen molar-refractivity contribution < 1.29 is 32.8 Å². The molecule has 1 N–H and O–H groups in total. The molecule has 1 rings (SSSR count). The second-order valence-corrected chi connectivity index (χ2v) is 3.74. The number of anilines is 1. The molecule has 10 heteroatoms. The van der Waals surface area contributed by atoms with Crippen molar-refractivity contribution in [2.24, 2.45) is 0 Å². The number of nitro benzene ring substituents is 1. The summed E-state index contributed by atoms with van der Waals surface area (Å²) in [6.07, 6.45) is 0.697. The highest BCUT2D eigenvalue weighted by Gasteiger charge is 2.23. The van der Waals surface area contributed by atoms with Crippen molar-refractivity contribution in [2.75, 3.05) is 19.5 Å². The SMILES string of the molecule is COC(=O)/C=C(/Nc1cc(F)c([N+](=O)[O-])c(F)c1)C(=O)OC. The molecule has 0 aliphatic heterocycles. The highest BCUT2D eigenvalue weighted by molar-refractivity contribution is 5.98. The summed E-state index contributed by atoms with van der Waals surface area (Å²) in [4.78, 5) is 31.8. The van der Waals surface area contributed by atoms with Gasteiger partial charge in [0.15, 0.2) is 0 Å². The van der Waals surface area contributed by atoms with E-state index in [0.717, 1.165) is 14.2 Å². The van der Waals surface area contributed by atoms with Gasteiger partial charge in [-0.05, 0) is 0 Å². The number of benzene rings is 1. The van der Waals surface area contributed by atoms with E-state index in [9.17, 15) is 28.5 Å². The minimum Gasteiger partial charge on any atom is -0.466 e. The Labute approximate surface area is 122 Å². The van der Waals surface area contributed by atoms with Gasteiger partial charge in [-0.1, -0.05) is 0 Å². The molecule has 8 nitrogen and oxygen atoms in total. The number of rotatable bonds is 5. The van der Waals surface area contributed by atoms with Crippen molar-refractivity contribution in [3.8, 4) is 0 Å². The Hall–Kier alpha value is -3.04. The van der Waals surface area contributed by atoms with Gasteiger partial charge in [-0.2, -0.15) is 8.78 Å². The highest BCUT2D eigenvalue weighted by Crippen LogP contribution is 2.26. The molecule has 1 aromatic carbocycles. The lowest BCUT2D eigenvalue weighted by atomic mass is 10.2. The fraction of sp³-hybridized carbons (Fsp3) is 0.167. The minimum absolute atomic E-state index is 0.332. The van der Waals surface area contributed by atoms with E-state index in [4.69, 9.17) is 0 Å². The van der Waals surface area contributed by atoms with E-state index in [1.807, 2.05) is 0 Å². The van der Waals surface area contributed by atoms with Crippen LogP contribution in [0.5, 0.6) is 0 Å². The Balaban J connectivity index is 3.20. The van der Waals surface area contributed by atoms with E-state index in [-0.39, 0.29) is 5.69 Å². The number of esters is 2. The molecule has 118 valence electrons. The summed E-state index contributed by atoms with van der Waals surface area (Å²) in [5, 5.41) is 12.7. The lowest BCUT2D eigenvalue weighted by Gasteiger charge is -2.09. The normalized spacial score (nSPS) is 10.8. The van der Waals surface area contributed by atoms with Crippen molar-refractivity contribution >= 4 is 23.3 Å². The molecular weight excluding hydrogens is 306 g/mol. The molecule has 0 spiro atoms. The Morgan fingerprint density at radius 1 is 1.23 bits per heavy atom. The van der Waals surface area contributed by atoms with Gasteiger partial charge in [0.1, 0.15) is 5.70 Å². The molecule has 1 aromatic rings. The molecular formula is C12H10F2N2O6. The number of carbonyl (C=O) groups excluding carboxylic acids is 2. The molecule has 0 amide bonds. The Morgan fingerprint density at radius 2 is 1.77 bits per heavy atom. The van der Waals surface area contributed by atoms with Gasteiger partial charge in [-0.15, -0.1) is 0 Å². The van der Waals surface area contributed by atoms with Gasteiger partial charge in [0.25, 0.3) is 0 Å². The van der Waals surface area contributed by atoms with Crippen molar-refractivity contribution in [1.82, 2.24) is 0 Å². The largest absolute Gasteiger partial charge is 0.466 e. The number of nitrogens with one attached hydrogen (secondary N) is 1. The van der Waals surface area contributed by atoms with Crippen LogP contribution in [-0.2, 0) is 19.1 Å². The van der Waals surface area contributed by atoms with E-state index in [2.05, 4.69) is 14.8 Å². The monoisotopic (exact) mass is 316 g/mol. The van der Waals surface area contributed by atoms with Crippen LogP contribution in [0.3, 0.4) is 0 Å². The van der Waals surface area contributed by atoms with Crippen LogP contribution in [0.1, 0.15) is 0 Å². The zero-order valence-electron chi connectivity index (χ0n) is 11.4. The van der Waals surface area contributed by atoms with Gasteiger partial charge in [-0.25, -0.2) is 9.59 Å². The lowest BCUT2D eigenvalue weighted by Crippen LogP contribution is -2.16. The van der Waals surface area contributed by atoms with Crippen LogP contribution in [0, 0.1) is 21.7 Å². The van der Waals surface area contributed by atoms with Crippen LogP contribution >= 0.6 is 0 Å². The quantitative estimate of drug-likeness (QED) is 0.379. The molecule has 0 fully saturated rings. The van der Waals surface area contributed by atoms with E-state index in [1.54, 1.807) is 0 Å². The summed E-state index contributed by atoms with van der Waals surface area (Å²) in [7, 11) is 2.07. The first-order valence-electron chi connectivity index (χ1n) is 5.58. The van der Waals surface area contributed by atoms with Gasteiger partial charge in [0.05, 0.1) is 25.2 Å². The van der Waals surface area contributed by atoms with Gasteiger partial charge in [0, 0.05) is 17.8 Å². The molecule has 0 unspecified atom stereocenters. The Kier molecular flexibility index (Phi) is 5.50. The number of halogens is 2. The maximum absolute atomic E-state index is 13.5.